The van der Waals surface area contributed by atoms with Crippen LogP contribution in [0.3, 0.4) is 0 Å². The summed E-state index contributed by atoms with van der Waals surface area (Å²) in [5.74, 6) is 3.41. The van der Waals surface area contributed by atoms with Crippen molar-refractivity contribution >= 4 is 22.8 Å². The number of piperazine rings is 1. The van der Waals surface area contributed by atoms with E-state index >= 15 is 0 Å². The molecule has 1 aliphatic carbocycles. The summed E-state index contributed by atoms with van der Waals surface area (Å²) < 4.78 is 11.3. The van der Waals surface area contributed by atoms with Crippen molar-refractivity contribution in [2.45, 2.75) is 44.6 Å². The standard InChI is InChI=1S/C29H35N5O3/c35-29(37-24-7-8-26-22(20-24)2-1-12-30-26)32-23-5-3-21(4-6-23)10-14-33-15-17-34(18-16-33)28-25-11-19-36-27(25)9-13-31-28/h1-2,7-9,12-13,20-21,23H,3-6,10-11,14-19H2,(H,32,35)/t21-,23-. The second-order valence-electron chi connectivity index (χ2n) is 10.4. The Morgan fingerprint density at radius 2 is 1.89 bits per heavy atom. The Morgan fingerprint density at radius 1 is 1.03 bits per heavy atom. The summed E-state index contributed by atoms with van der Waals surface area (Å²) in [6, 6.07) is 11.6. The van der Waals surface area contributed by atoms with Crippen molar-refractivity contribution in [2.75, 3.05) is 44.2 Å². The molecule has 2 aromatic heterocycles. The van der Waals surface area contributed by atoms with Gasteiger partial charge in [0.25, 0.3) is 0 Å². The monoisotopic (exact) mass is 501 g/mol. The molecular weight excluding hydrogens is 466 g/mol. The molecule has 194 valence electrons. The van der Waals surface area contributed by atoms with Crippen LogP contribution in [-0.4, -0.2) is 66.3 Å². The number of fused-ring (bicyclic) bond motifs is 2. The fraction of sp³-hybridized carbons (Fsp3) is 0.483. The van der Waals surface area contributed by atoms with Gasteiger partial charge in [-0.15, -0.1) is 0 Å². The SMILES string of the molecule is O=C(N[C@H]1CC[C@H](CCN2CCN(c3nccc4c3CCO4)CC2)CC1)Oc1ccc2ncccc2c1. The molecule has 1 saturated carbocycles. The summed E-state index contributed by atoms with van der Waals surface area (Å²) in [5, 5.41) is 4.03. The van der Waals surface area contributed by atoms with E-state index in [1.165, 1.54) is 12.0 Å². The maximum absolute atomic E-state index is 12.5. The first-order chi connectivity index (χ1) is 18.2. The second-order valence-corrected chi connectivity index (χ2v) is 10.4. The van der Waals surface area contributed by atoms with Gasteiger partial charge >= 0.3 is 6.09 Å². The van der Waals surface area contributed by atoms with E-state index in [0.717, 1.165) is 99.8 Å². The molecule has 8 heteroatoms. The van der Waals surface area contributed by atoms with Crippen molar-refractivity contribution in [1.82, 2.24) is 20.2 Å². The maximum atomic E-state index is 12.5. The Labute approximate surface area is 218 Å². The van der Waals surface area contributed by atoms with E-state index in [-0.39, 0.29) is 12.1 Å². The molecule has 1 saturated heterocycles. The first-order valence-electron chi connectivity index (χ1n) is 13.6. The summed E-state index contributed by atoms with van der Waals surface area (Å²) in [4.78, 5) is 26.4. The molecule has 1 amide bonds. The van der Waals surface area contributed by atoms with Gasteiger partial charge in [0.1, 0.15) is 17.3 Å². The highest BCUT2D eigenvalue weighted by atomic mass is 16.6. The molecule has 4 heterocycles. The number of anilines is 1. The third-order valence-corrected chi connectivity index (χ3v) is 8.08. The number of hydrogen-bond acceptors (Lipinski definition) is 7. The molecule has 0 atom stereocenters. The Hall–Kier alpha value is -3.39. The number of carbonyl (C=O) groups is 1. The number of pyridine rings is 2. The molecule has 0 spiro atoms. The minimum absolute atomic E-state index is 0.193. The van der Waals surface area contributed by atoms with Gasteiger partial charge in [0.2, 0.25) is 0 Å². The van der Waals surface area contributed by atoms with Crippen LogP contribution in [-0.2, 0) is 6.42 Å². The van der Waals surface area contributed by atoms with E-state index in [9.17, 15) is 4.79 Å². The molecule has 0 radical (unpaired) electrons. The van der Waals surface area contributed by atoms with E-state index in [2.05, 4.69) is 25.1 Å². The molecule has 37 heavy (non-hydrogen) atoms. The van der Waals surface area contributed by atoms with Gasteiger partial charge in [0, 0.05) is 62.0 Å². The molecule has 0 bridgehead atoms. The first kappa shape index (κ1) is 24.0. The molecule has 2 fully saturated rings. The molecule has 2 aliphatic heterocycles. The molecule has 8 nitrogen and oxygen atoms in total. The molecular formula is C29H35N5O3. The average Bonchev–Trinajstić information content (AvgIpc) is 3.42. The van der Waals surface area contributed by atoms with E-state index in [4.69, 9.17) is 9.47 Å². The third-order valence-electron chi connectivity index (χ3n) is 8.08. The third kappa shape index (κ3) is 5.64. The van der Waals surface area contributed by atoms with Gasteiger partial charge in [-0.25, -0.2) is 9.78 Å². The average molecular weight is 502 g/mol. The smallest absolute Gasteiger partial charge is 0.412 e. The second kappa shape index (κ2) is 10.9. The lowest BCUT2D eigenvalue weighted by Gasteiger charge is -2.37. The zero-order valence-corrected chi connectivity index (χ0v) is 21.3. The van der Waals surface area contributed by atoms with Gasteiger partial charge in [0.05, 0.1) is 12.1 Å². The highest BCUT2D eigenvalue weighted by Gasteiger charge is 2.26. The van der Waals surface area contributed by atoms with Crippen LogP contribution in [0, 0.1) is 5.92 Å². The molecule has 3 aromatic rings. The van der Waals surface area contributed by atoms with Crippen LogP contribution in [0.1, 0.15) is 37.7 Å². The number of nitrogens with zero attached hydrogens (tertiary/aromatic N) is 4. The fourth-order valence-electron chi connectivity index (χ4n) is 5.93. The number of rotatable bonds is 6. The van der Waals surface area contributed by atoms with Crippen LogP contribution in [0.4, 0.5) is 10.6 Å². The number of hydrogen-bond donors (Lipinski definition) is 1. The summed E-state index contributed by atoms with van der Waals surface area (Å²) in [5.41, 5.74) is 2.17. The molecule has 1 aromatic carbocycles. The van der Waals surface area contributed by atoms with Crippen LogP contribution < -0.4 is 19.7 Å². The van der Waals surface area contributed by atoms with Crippen LogP contribution in [0.25, 0.3) is 10.9 Å². The van der Waals surface area contributed by atoms with Crippen LogP contribution in [0.2, 0.25) is 0 Å². The predicted octanol–water partition coefficient (Wildman–Crippen LogP) is 4.42. The van der Waals surface area contributed by atoms with E-state index in [1.807, 2.05) is 36.5 Å². The zero-order chi connectivity index (χ0) is 25.0. The largest absolute Gasteiger partial charge is 0.493 e. The summed E-state index contributed by atoms with van der Waals surface area (Å²) in [6.07, 6.45) is 9.82. The topological polar surface area (TPSA) is 79.8 Å². The molecule has 0 unspecified atom stereocenters. The van der Waals surface area contributed by atoms with E-state index < -0.39 is 0 Å². The van der Waals surface area contributed by atoms with Gasteiger partial charge in [-0.1, -0.05) is 6.07 Å². The van der Waals surface area contributed by atoms with Gasteiger partial charge < -0.3 is 19.7 Å². The normalized spacial score (nSPS) is 21.9. The van der Waals surface area contributed by atoms with Gasteiger partial charge in [-0.05, 0) is 74.9 Å². The lowest BCUT2D eigenvalue weighted by molar-refractivity contribution is 0.182. The highest BCUT2D eigenvalue weighted by molar-refractivity contribution is 5.81. The fourth-order valence-corrected chi connectivity index (χ4v) is 5.93. The lowest BCUT2D eigenvalue weighted by atomic mass is 9.84. The number of benzene rings is 1. The minimum atomic E-state index is -0.366. The van der Waals surface area contributed by atoms with E-state index in [1.54, 1.807) is 12.3 Å². The van der Waals surface area contributed by atoms with Crippen molar-refractivity contribution in [3.8, 4) is 11.5 Å². The van der Waals surface area contributed by atoms with Gasteiger partial charge in [0.15, 0.2) is 0 Å². The Bertz CT molecular complexity index is 1240. The van der Waals surface area contributed by atoms with Crippen molar-refractivity contribution < 1.29 is 14.3 Å². The van der Waals surface area contributed by atoms with Crippen LogP contribution in [0.15, 0.2) is 48.8 Å². The number of ether oxygens (including phenoxy) is 2. The van der Waals surface area contributed by atoms with Crippen molar-refractivity contribution in [2.24, 2.45) is 5.92 Å². The van der Waals surface area contributed by atoms with Crippen molar-refractivity contribution in [3.05, 3.63) is 54.4 Å². The van der Waals surface area contributed by atoms with Gasteiger partial charge in [-0.3, -0.25) is 9.88 Å². The van der Waals surface area contributed by atoms with Gasteiger partial charge in [-0.2, -0.15) is 0 Å². The molecule has 1 N–H and O–H groups in total. The van der Waals surface area contributed by atoms with Crippen molar-refractivity contribution in [1.29, 1.82) is 0 Å². The van der Waals surface area contributed by atoms with Crippen LogP contribution in [0.5, 0.6) is 11.5 Å². The molecule has 3 aliphatic rings. The summed E-state index contributed by atoms with van der Waals surface area (Å²) >= 11 is 0. The maximum Gasteiger partial charge on any atom is 0.412 e. The number of carbonyl (C=O) groups excluding carboxylic acids is 1. The van der Waals surface area contributed by atoms with Crippen LogP contribution >= 0.6 is 0 Å². The quantitative estimate of drug-likeness (QED) is 0.535. The first-order valence-corrected chi connectivity index (χ1v) is 13.6. The predicted molar refractivity (Wildman–Crippen MR) is 143 cm³/mol. The Balaban J connectivity index is 0.903. The highest BCUT2D eigenvalue weighted by Crippen LogP contribution is 2.33. The zero-order valence-electron chi connectivity index (χ0n) is 21.3. The molecule has 6 rings (SSSR count). The number of nitrogens with one attached hydrogen (secondary N) is 1. The lowest BCUT2D eigenvalue weighted by Crippen LogP contribution is -2.47. The number of aromatic nitrogens is 2. The van der Waals surface area contributed by atoms with Crippen molar-refractivity contribution in [3.63, 3.8) is 0 Å². The number of amides is 1. The van der Waals surface area contributed by atoms with E-state index in [0.29, 0.717) is 5.75 Å². The Kier molecular flexibility index (Phi) is 7.08. The minimum Gasteiger partial charge on any atom is -0.493 e. The summed E-state index contributed by atoms with van der Waals surface area (Å²) in [6.45, 7) is 6.14. The summed E-state index contributed by atoms with van der Waals surface area (Å²) in [7, 11) is 0. The Morgan fingerprint density at radius 3 is 2.76 bits per heavy atom.